The molecule has 2 heterocycles. The second kappa shape index (κ2) is 11.9. The van der Waals surface area contributed by atoms with Gasteiger partial charge in [0.15, 0.2) is 0 Å². The van der Waals surface area contributed by atoms with Crippen LogP contribution in [0.3, 0.4) is 0 Å². The number of nitriles is 1. The van der Waals surface area contributed by atoms with E-state index in [9.17, 15) is 19.6 Å². The van der Waals surface area contributed by atoms with Gasteiger partial charge in [-0.1, -0.05) is 23.7 Å². The number of nitrogens with one attached hydrogen (secondary N) is 2. The van der Waals surface area contributed by atoms with E-state index in [0.717, 1.165) is 22.3 Å². The number of aromatic nitrogens is 2. The molecular formula is C31H26ClN5O5. The number of benzene rings is 2. The Bertz CT molecular complexity index is 1810. The van der Waals surface area contributed by atoms with Crippen LogP contribution in [0, 0.1) is 11.3 Å². The molecule has 2 amide bonds. The number of hydrogen-bond donors (Lipinski definition) is 3. The first kappa shape index (κ1) is 28.5. The van der Waals surface area contributed by atoms with Crippen LogP contribution in [0.4, 0.5) is 5.69 Å². The third-order valence-corrected chi connectivity index (χ3v) is 7.57. The van der Waals surface area contributed by atoms with Crippen LogP contribution in [0.2, 0.25) is 5.02 Å². The molecule has 2 aromatic heterocycles. The Kier molecular flexibility index (Phi) is 8.06. The Morgan fingerprint density at radius 2 is 1.98 bits per heavy atom. The number of hydrogen-bond acceptors (Lipinski definition) is 7. The van der Waals surface area contributed by atoms with Gasteiger partial charge in [-0.2, -0.15) is 5.26 Å². The molecule has 0 aliphatic heterocycles. The number of anilines is 1. The smallest absolute Gasteiger partial charge is 0.267 e. The number of primary amides is 1. The van der Waals surface area contributed by atoms with E-state index in [4.69, 9.17) is 26.8 Å². The Labute approximate surface area is 246 Å². The zero-order valence-electron chi connectivity index (χ0n) is 22.8. The van der Waals surface area contributed by atoms with Gasteiger partial charge < -0.3 is 25.5 Å². The number of amides is 2. The number of ether oxygens (including phenoxy) is 2. The summed E-state index contributed by atoms with van der Waals surface area (Å²) in [5.41, 5.74) is 9.95. The summed E-state index contributed by atoms with van der Waals surface area (Å²) in [6, 6.07) is 14.4. The van der Waals surface area contributed by atoms with Crippen LogP contribution < -0.4 is 21.3 Å². The molecule has 5 rings (SSSR count). The van der Waals surface area contributed by atoms with Gasteiger partial charge in [-0.3, -0.25) is 14.4 Å². The summed E-state index contributed by atoms with van der Waals surface area (Å²) in [5.74, 6) is -1.97. The SMILES string of the molecule is COCCC(C(=O)Nc1ccc(C(N)=O)nc1)c1c(-c2cc3c(cc2C#N)Cc2cccc(Cl)c2-3)c(OC)c[nH]c1=O. The van der Waals surface area contributed by atoms with E-state index in [1.807, 2.05) is 24.3 Å². The summed E-state index contributed by atoms with van der Waals surface area (Å²) < 4.78 is 11.0. The number of H-pyrrole nitrogens is 1. The molecule has 4 N–H and O–H groups in total. The number of aromatic amines is 1. The molecule has 0 radical (unpaired) electrons. The zero-order valence-corrected chi connectivity index (χ0v) is 23.5. The van der Waals surface area contributed by atoms with Gasteiger partial charge in [-0.15, -0.1) is 0 Å². The average Bonchev–Trinajstić information content (AvgIpc) is 3.36. The van der Waals surface area contributed by atoms with Crippen molar-refractivity contribution in [3.05, 3.63) is 98.2 Å². The van der Waals surface area contributed by atoms with Crippen molar-refractivity contribution in [1.82, 2.24) is 9.97 Å². The van der Waals surface area contributed by atoms with Gasteiger partial charge >= 0.3 is 0 Å². The molecule has 11 heteroatoms. The zero-order chi connectivity index (χ0) is 30.0. The summed E-state index contributed by atoms with van der Waals surface area (Å²) in [4.78, 5) is 45.4. The number of halogens is 1. The van der Waals surface area contributed by atoms with Gasteiger partial charge in [-0.25, -0.2) is 4.98 Å². The predicted octanol–water partition coefficient (Wildman–Crippen LogP) is 4.40. The lowest BCUT2D eigenvalue weighted by Crippen LogP contribution is -2.29. The van der Waals surface area contributed by atoms with Crippen molar-refractivity contribution in [2.75, 3.05) is 26.1 Å². The van der Waals surface area contributed by atoms with Crippen molar-refractivity contribution in [3.63, 3.8) is 0 Å². The predicted molar refractivity (Wildman–Crippen MR) is 158 cm³/mol. The maximum absolute atomic E-state index is 13.8. The minimum atomic E-state index is -1.02. The van der Waals surface area contributed by atoms with E-state index in [2.05, 4.69) is 21.4 Å². The quantitative estimate of drug-likeness (QED) is 0.232. The minimum Gasteiger partial charge on any atom is -0.495 e. The molecule has 0 fully saturated rings. The molecule has 1 aliphatic carbocycles. The third-order valence-electron chi connectivity index (χ3n) is 7.26. The van der Waals surface area contributed by atoms with Gasteiger partial charge in [0, 0.05) is 47.2 Å². The highest BCUT2D eigenvalue weighted by Crippen LogP contribution is 2.46. The Hall–Kier alpha value is -4.98. The molecule has 1 unspecified atom stereocenters. The standard InChI is InChI=1S/C31H26ClN5O5/c1-41-9-8-20(30(39)37-19-6-7-24(29(34)38)35-14-19)28-27(25(42-2)15-36-31(28)40)22-12-21-17(11-18(22)13-33)10-16-4-3-5-23(32)26(16)21/h3-7,11-12,14-15,20H,8-10H2,1-2H3,(H2,34,38)(H,36,40)(H,37,39). The van der Waals surface area contributed by atoms with Crippen molar-refractivity contribution in [2.24, 2.45) is 5.73 Å². The fourth-order valence-electron chi connectivity index (χ4n) is 5.33. The number of carbonyl (C=O) groups is 2. The fraction of sp³-hybridized carbons (Fsp3) is 0.194. The van der Waals surface area contributed by atoms with E-state index in [0.29, 0.717) is 33.8 Å². The molecule has 0 spiro atoms. The van der Waals surface area contributed by atoms with Crippen molar-refractivity contribution >= 4 is 29.1 Å². The monoisotopic (exact) mass is 583 g/mol. The summed E-state index contributed by atoms with van der Waals surface area (Å²) in [5, 5.41) is 13.6. The molecule has 0 bridgehead atoms. The van der Waals surface area contributed by atoms with Gasteiger partial charge in [0.2, 0.25) is 5.91 Å². The van der Waals surface area contributed by atoms with Crippen LogP contribution >= 0.6 is 11.6 Å². The van der Waals surface area contributed by atoms with Crippen LogP contribution in [0.25, 0.3) is 22.3 Å². The topological polar surface area (TPSA) is 160 Å². The van der Waals surface area contributed by atoms with Gasteiger partial charge in [0.05, 0.1) is 36.5 Å². The first-order valence-corrected chi connectivity index (χ1v) is 13.4. The number of methoxy groups -OCH3 is 2. The number of nitrogens with two attached hydrogens (primary N) is 1. The van der Waals surface area contributed by atoms with E-state index in [1.165, 1.54) is 38.7 Å². The highest BCUT2D eigenvalue weighted by Gasteiger charge is 2.32. The second-order valence-corrected chi connectivity index (χ2v) is 10.1. The molecule has 1 aliphatic rings. The van der Waals surface area contributed by atoms with Crippen molar-refractivity contribution in [1.29, 1.82) is 5.26 Å². The summed E-state index contributed by atoms with van der Waals surface area (Å²) >= 11 is 6.60. The molecule has 42 heavy (non-hydrogen) atoms. The van der Waals surface area contributed by atoms with Crippen LogP contribution in [0.1, 0.15) is 45.1 Å². The van der Waals surface area contributed by atoms with Gasteiger partial charge in [0.25, 0.3) is 11.5 Å². The van der Waals surface area contributed by atoms with Crippen molar-refractivity contribution in [2.45, 2.75) is 18.8 Å². The molecule has 212 valence electrons. The molecule has 10 nitrogen and oxygen atoms in total. The first-order chi connectivity index (χ1) is 20.3. The van der Waals surface area contributed by atoms with E-state index < -0.39 is 23.3 Å². The number of nitrogens with zero attached hydrogens (tertiary/aromatic N) is 2. The van der Waals surface area contributed by atoms with Crippen LogP contribution in [-0.2, 0) is 16.0 Å². The fourth-order valence-corrected chi connectivity index (χ4v) is 5.63. The Balaban J connectivity index is 1.68. The number of pyridine rings is 2. The van der Waals surface area contributed by atoms with Crippen molar-refractivity contribution in [3.8, 4) is 34.1 Å². The van der Waals surface area contributed by atoms with Crippen LogP contribution in [0.5, 0.6) is 5.75 Å². The lowest BCUT2D eigenvalue weighted by atomic mass is 9.85. The molecular weight excluding hydrogens is 558 g/mol. The summed E-state index contributed by atoms with van der Waals surface area (Å²) in [6.07, 6.45) is 3.46. The van der Waals surface area contributed by atoms with Gasteiger partial charge in [0.1, 0.15) is 11.4 Å². The number of fused-ring (bicyclic) bond motifs is 3. The lowest BCUT2D eigenvalue weighted by molar-refractivity contribution is -0.118. The van der Waals surface area contributed by atoms with E-state index in [-0.39, 0.29) is 30.0 Å². The first-order valence-electron chi connectivity index (χ1n) is 13.0. The minimum absolute atomic E-state index is 0.0396. The molecule has 0 saturated heterocycles. The summed E-state index contributed by atoms with van der Waals surface area (Å²) in [7, 11) is 2.94. The van der Waals surface area contributed by atoms with Crippen LogP contribution in [-0.4, -0.2) is 42.6 Å². The Morgan fingerprint density at radius 1 is 1.17 bits per heavy atom. The summed E-state index contributed by atoms with van der Waals surface area (Å²) in [6.45, 7) is 0.158. The molecule has 2 aromatic carbocycles. The maximum atomic E-state index is 13.8. The second-order valence-electron chi connectivity index (χ2n) is 9.71. The van der Waals surface area contributed by atoms with Crippen molar-refractivity contribution < 1.29 is 19.1 Å². The molecule has 4 aromatic rings. The molecule has 1 atom stereocenters. The van der Waals surface area contributed by atoms with Gasteiger partial charge in [-0.05, 0) is 59.9 Å². The maximum Gasteiger partial charge on any atom is 0.267 e. The molecule has 0 saturated carbocycles. The average molecular weight is 584 g/mol. The van der Waals surface area contributed by atoms with E-state index >= 15 is 0 Å². The normalized spacial score (nSPS) is 12.1. The Morgan fingerprint density at radius 3 is 2.64 bits per heavy atom. The third kappa shape index (κ3) is 5.23. The highest BCUT2D eigenvalue weighted by atomic mass is 35.5. The number of rotatable bonds is 9. The van der Waals surface area contributed by atoms with E-state index in [1.54, 1.807) is 6.07 Å². The highest BCUT2D eigenvalue weighted by molar-refractivity contribution is 6.33. The lowest BCUT2D eigenvalue weighted by Gasteiger charge is -2.22. The van der Waals surface area contributed by atoms with Crippen LogP contribution in [0.15, 0.2) is 59.7 Å². The number of carbonyl (C=O) groups excluding carboxylic acids is 2. The largest absolute Gasteiger partial charge is 0.495 e.